The summed E-state index contributed by atoms with van der Waals surface area (Å²) in [7, 11) is 0. The molecule has 2 N–H and O–H groups in total. The summed E-state index contributed by atoms with van der Waals surface area (Å²) in [6.07, 6.45) is 1.85. The van der Waals surface area contributed by atoms with Crippen LogP contribution >= 0.6 is 0 Å². The fourth-order valence-electron chi connectivity index (χ4n) is 1.81. The predicted octanol–water partition coefficient (Wildman–Crippen LogP) is -1.04. The first-order chi connectivity index (χ1) is 10.5. The van der Waals surface area contributed by atoms with Gasteiger partial charge in [0.25, 0.3) is 11.8 Å². The Hall–Kier alpha value is -2.22. The second-order valence-electron chi connectivity index (χ2n) is 4.65. The number of amides is 4. The van der Waals surface area contributed by atoms with Crippen LogP contribution in [-0.4, -0.2) is 60.9 Å². The molecule has 0 aromatic rings. The van der Waals surface area contributed by atoms with Crippen molar-refractivity contribution < 1.29 is 23.9 Å². The average molecular weight is 311 g/mol. The van der Waals surface area contributed by atoms with Gasteiger partial charge >= 0.3 is 0 Å². The van der Waals surface area contributed by atoms with Gasteiger partial charge in [-0.1, -0.05) is 0 Å². The van der Waals surface area contributed by atoms with E-state index in [-0.39, 0.29) is 37.9 Å². The molecule has 1 rings (SSSR count). The Balaban J connectivity index is 2.12. The van der Waals surface area contributed by atoms with E-state index in [0.717, 1.165) is 4.90 Å². The second-order valence-corrected chi connectivity index (χ2v) is 4.65. The van der Waals surface area contributed by atoms with Crippen LogP contribution in [0.5, 0.6) is 0 Å². The molecule has 1 aliphatic heterocycles. The van der Waals surface area contributed by atoms with E-state index < -0.39 is 17.9 Å². The zero-order chi connectivity index (χ0) is 16.5. The van der Waals surface area contributed by atoms with Gasteiger partial charge in [-0.15, -0.1) is 0 Å². The van der Waals surface area contributed by atoms with Crippen LogP contribution in [0.15, 0.2) is 12.2 Å². The van der Waals surface area contributed by atoms with Crippen molar-refractivity contribution in [1.82, 2.24) is 15.5 Å². The molecule has 8 heteroatoms. The largest absolute Gasteiger partial charge is 0.369 e. The quantitative estimate of drug-likeness (QED) is 0.418. The molecule has 1 heterocycles. The highest BCUT2D eigenvalue weighted by atomic mass is 16.5. The van der Waals surface area contributed by atoms with Crippen molar-refractivity contribution in [2.75, 3.05) is 26.2 Å². The first-order valence-corrected chi connectivity index (χ1v) is 7.15. The normalized spacial score (nSPS) is 15.1. The molecule has 122 valence electrons. The maximum Gasteiger partial charge on any atom is 0.253 e. The number of hydrogen-bond acceptors (Lipinski definition) is 5. The van der Waals surface area contributed by atoms with E-state index >= 15 is 0 Å². The number of nitrogens with one attached hydrogen (secondary N) is 2. The molecule has 0 aromatic carbocycles. The molecule has 22 heavy (non-hydrogen) atoms. The Kier molecular flexibility index (Phi) is 7.24. The topological polar surface area (TPSA) is 105 Å². The Morgan fingerprint density at radius 2 is 1.77 bits per heavy atom. The van der Waals surface area contributed by atoms with Gasteiger partial charge in [-0.25, -0.2) is 0 Å². The van der Waals surface area contributed by atoms with Crippen LogP contribution in [0.4, 0.5) is 0 Å². The number of nitrogens with zero attached hydrogens (tertiary/aromatic N) is 1. The minimum atomic E-state index is -0.527. The maximum absolute atomic E-state index is 11.6. The van der Waals surface area contributed by atoms with E-state index in [1.807, 2.05) is 0 Å². The van der Waals surface area contributed by atoms with Crippen molar-refractivity contribution in [3.63, 3.8) is 0 Å². The summed E-state index contributed by atoms with van der Waals surface area (Å²) in [5.41, 5.74) is 0. The lowest BCUT2D eigenvalue weighted by Crippen LogP contribution is -2.40. The fourth-order valence-corrected chi connectivity index (χ4v) is 1.81. The highest BCUT2D eigenvalue weighted by molar-refractivity contribution is 6.13. The zero-order valence-electron chi connectivity index (χ0n) is 12.8. The molecule has 0 aromatic heterocycles. The van der Waals surface area contributed by atoms with Crippen LogP contribution in [-0.2, 0) is 23.9 Å². The molecule has 8 nitrogen and oxygen atoms in total. The van der Waals surface area contributed by atoms with E-state index in [1.54, 1.807) is 13.8 Å². The first-order valence-electron chi connectivity index (χ1n) is 7.15. The Labute approximate surface area is 128 Å². The van der Waals surface area contributed by atoms with Gasteiger partial charge in [-0.2, -0.15) is 0 Å². The van der Waals surface area contributed by atoms with Crippen LogP contribution in [0, 0.1) is 0 Å². The molecule has 1 unspecified atom stereocenters. The Morgan fingerprint density at radius 1 is 1.18 bits per heavy atom. The lowest BCUT2D eigenvalue weighted by atomic mass is 10.3. The molecule has 4 amide bonds. The molecule has 0 aliphatic carbocycles. The van der Waals surface area contributed by atoms with Gasteiger partial charge in [-0.3, -0.25) is 24.1 Å². The van der Waals surface area contributed by atoms with Gasteiger partial charge in [0.05, 0.1) is 0 Å². The third kappa shape index (κ3) is 5.65. The van der Waals surface area contributed by atoms with Crippen molar-refractivity contribution in [3.8, 4) is 0 Å². The Morgan fingerprint density at radius 3 is 2.36 bits per heavy atom. The van der Waals surface area contributed by atoms with Crippen molar-refractivity contribution >= 4 is 23.6 Å². The number of carbonyl (C=O) groups excluding carboxylic acids is 4. The molecule has 1 atom stereocenters. The van der Waals surface area contributed by atoms with Gasteiger partial charge in [0, 0.05) is 44.8 Å². The van der Waals surface area contributed by atoms with Gasteiger partial charge < -0.3 is 15.4 Å². The predicted molar refractivity (Wildman–Crippen MR) is 77.6 cm³/mol. The second kappa shape index (κ2) is 8.93. The van der Waals surface area contributed by atoms with E-state index in [2.05, 4.69) is 10.6 Å². The summed E-state index contributed by atoms with van der Waals surface area (Å²) < 4.78 is 5.12. The summed E-state index contributed by atoms with van der Waals surface area (Å²) in [5, 5.41) is 5.23. The molecule has 0 bridgehead atoms. The van der Waals surface area contributed by atoms with Crippen molar-refractivity contribution in [1.29, 1.82) is 0 Å². The number of hydrogen-bond donors (Lipinski definition) is 2. The molecule has 0 spiro atoms. The Bertz CT molecular complexity index is 457. The third-order valence-electron chi connectivity index (χ3n) is 3.00. The molecule has 1 aliphatic rings. The van der Waals surface area contributed by atoms with E-state index in [0.29, 0.717) is 6.61 Å². The number of imide groups is 1. The van der Waals surface area contributed by atoms with E-state index in [9.17, 15) is 19.2 Å². The zero-order valence-corrected chi connectivity index (χ0v) is 12.8. The SMILES string of the molecule is CCOC(C)C(=O)NCCNC(=O)CCN1C(=O)C=CC1=O. The summed E-state index contributed by atoms with van der Waals surface area (Å²) in [4.78, 5) is 46.6. The van der Waals surface area contributed by atoms with Crippen LogP contribution in [0.1, 0.15) is 20.3 Å². The lowest BCUT2D eigenvalue weighted by molar-refractivity contribution is -0.137. The van der Waals surface area contributed by atoms with Crippen LogP contribution in [0.3, 0.4) is 0 Å². The monoisotopic (exact) mass is 311 g/mol. The van der Waals surface area contributed by atoms with E-state index in [4.69, 9.17) is 4.74 Å². The smallest absolute Gasteiger partial charge is 0.253 e. The van der Waals surface area contributed by atoms with Gasteiger partial charge in [-0.05, 0) is 13.8 Å². The minimum Gasteiger partial charge on any atom is -0.369 e. The molecule has 0 fully saturated rings. The van der Waals surface area contributed by atoms with Gasteiger partial charge in [0.2, 0.25) is 11.8 Å². The molecular weight excluding hydrogens is 290 g/mol. The lowest BCUT2D eigenvalue weighted by Gasteiger charge is -2.14. The molecular formula is C14H21N3O5. The maximum atomic E-state index is 11.6. The highest BCUT2D eigenvalue weighted by Gasteiger charge is 2.23. The molecule has 0 saturated heterocycles. The summed E-state index contributed by atoms with van der Waals surface area (Å²) in [6, 6.07) is 0. The van der Waals surface area contributed by atoms with E-state index in [1.165, 1.54) is 12.2 Å². The van der Waals surface area contributed by atoms with Crippen molar-refractivity contribution in [3.05, 3.63) is 12.2 Å². The summed E-state index contributed by atoms with van der Waals surface area (Å²) >= 11 is 0. The van der Waals surface area contributed by atoms with Crippen LogP contribution in [0.25, 0.3) is 0 Å². The third-order valence-corrected chi connectivity index (χ3v) is 3.00. The minimum absolute atomic E-state index is 0.0302. The standard InChI is InChI=1S/C14H21N3O5/c1-3-22-10(2)14(21)16-8-7-15-11(18)6-9-17-12(19)4-5-13(17)20/h4-5,10H,3,6-9H2,1-2H3,(H,15,18)(H,16,21). The van der Waals surface area contributed by atoms with Crippen LogP contribution in [0.2, 0.25) is 0 Å². The summed E-state index contributed by atoms with van der Waals surface area (Å²) in [6.45, 7) is 4.50. The van der Waals surface area contributed by atoms with Crippen LogP contribution < -0.4 is 10.6 Å². The molecule has 0 radical (unpaired) electrons. The number of carbonyl (C=O) groups is 4. The van der Waals surface area contributed by atoms with Crippen molar-refractivity contribution in [2.45, 2.75) is 26.4 Å². The van der Waals surface area contributed by atoms with Crippen molar-refractivity contribution in [2.24, 2.45) is 0 Å². The average Bonchev–Trinajstić information content (AvgIpc) is 2.80. The van der Waals surface area contributed by atoms with Gasteiger partial charge in [0.15, 0.2) is 0 Å². The van der Waals surface area contributed by atoms with Gasteiger partial charge in [0.1, 0.15) is 6.10 Å². The summed E-state index contributed by atoms with van der Waals surface area (Å²) in [5.74, 6) is -1.35. The fraction of sp³-hybridized carbons (Fsp3) is 0.571. The first kappa shape index (κ1) is 17.8. The number of rotatable bonds is 9. The molecule has 0 saturated carbocycles. The highest BCUT2D eigenvalue weighted by Crippen LogP contribution is 2.03. The number of ether oxygens (including phenoxy) is 1.